The molecular weight excluding hydrogens is 286 g/mol. The summed E-state index contributed by atoms with van der Waals surface area (Å²) >= 11 is 0. The summed E-state index contributed by atoms with van der Waals surface area (Å²) in [4.78, 5) is 2.47. The first-order valence-corrected chi connectivity index (χ1v) is 8.89. The molecule has 5 nitrogen and oxygen atoms in total. The molecule has 0 aliphatic carbocycles. The Kier molecular flexibility index (Phi) is 4.91. The molecule has 1 unspecified atom stereocenters. The van der Waals surface area contributed by atoms with E-state index in [4.69, 9.17) is 5.73 Å². The molecule has 1 aromatic carbocycles. The van der Waals surface area contributed by atoms with E-state index in [1.165, 1.54) is 12.8 Å². The van der Waals surface area contributed by atoms with Gasteiger partial charge in [-0.1, -0.05) is 0 Å². The van der Waals surface area contributed by atoms with Crippen LogP contribution in [0.3, 0.4) is 0 Å². The van der Waals surface area contributed by atoms with E-state index in [-0.39, 0.29) is 10.9 Å². The lowest BCUT2D eigenvalue weighted by Gasteiger charge is -2.21. The standard InChI is InChI=1S/C15H25N3O2S/c1-11-8-14(16)15(9-12(11)2)21(19,20)17-13(3)10-18-6-4-5-7-18/h8-9,13,17H,4-7,10,16H2,1-3H3. The van der Waals surface area contributed by atoms with Crippen molar-refractivity contribution in [2.75, 3.05) is 25.4 Å². The Labute approximate surface area is 127 Å². The molecule has 1 saturated heterocycles. The van der Waals surface area contributed by atoms with Crippen LogP contribution in [-0.4, -0.2) is 39.0 Å². The van der Waals surface area contributed by atoms with Gasteiger partial charge in [0.15, 0.2) is 0 Å². The van der Waals surface area contributed by atoms with Gasteiger partial charge in [-0.15, -0.1) is 0 Å². The van der Waals surface area contributed by atoms with Gasteiger partial charge in [0.25, 0.3) is 0 Å². The van der Waals surface area contributed by atoms with Crippen LogP contribution in [0.4, 0.5) is 5.69 Å². The second-order valence-corrected chi connectivity index (χ2v) is 7.69. The van der Waals surface area contributed by atoms with E-state index in [2.05, 4.69) is 9.62 Å². The Morgan fingerprint density at radius 1 is 1.24 bits per heavy atom. The quantitative estimate of drug-likeness (QED) is 0.811. The van der Waals surface area contributed by atoms with Crippen molar-refractivity contribution in [2.24, 2.45) is 0 Å². The van der Waals surface area contributed by atoms with Gasteiger partial charge >= 0.3 is 0 Å². The van der Waals surface area contributed by atoms with E-state index >= 15 is 0 Å². The summed E-state index contributed by atoms with van der Waals surface area (Å²) in [7, 11) is -3.57. The molecule has 21 heavy (non-hydrogen) atoms. The average molecular weight is 311 g/mol. The van der Waals surface area contributed by atoms with Crippen LogP contribution >= 0.6 is 0 Å². The molecule has 3 N–H and O–H groups in total. The molecule has 6 heteroatoms. The minimum absolute atomic E-state index is 0.130. The third-order valence-corrected chi connectivity index (χ3v) is 5.65. The number of hydrogen-bond acceptors (Lipinski definition) is 4. The minimum atomic E-state index is -3.57. The molecule has 0 spiro atoms. The molecule has 1 atom stereocenters. The van der Waals surface area contributed by atoms with Crippen molar-refractivity contribution >= 4 is 15.7 Å². The van der Waals surface area contributed by atoms with Gasteiger partial charge < -0.3 is 10.6 Å². The molecule has 2 rings (SSSR count). The van der Waals surface area contributed by atoms with Gasteiger partial charge in [-0.2, -0.15) is 0 Å². The van der Waals surface area contributed by atoms with Crippen LogP contribution in [0, 0.1) is 13.8 Å². The number of nitrogens with zero attached hydrogens (tertiary/aromatic N) is 1. The third kappa shape index (κ3) is 3.96. The molecule has 1 aromatic rings. The summed E-state index contributed by atoms with van der Waals surface area (Å²) in [6, 6.07) is 3.24. The maximum absolute atomic E-state index is 12.5. The number of anilines is 1. The van der Waals surface area contributed by atoms with E-state index in [9.17, 15) is 8.42 Å². The topological polar surface area (TPSA) is 75.4 Å². The number of rotatable bonds is 5. The molecule has 0 saturated carbocycles. The van der Waals surface area contributed by atoms with Crippen LogP contribution in [-0.2, 0) is 10.0 Å². The highest BCUT2D eigenvalue weighted by atomic mass is 32.2. The van der Waals surface area contributed by atoms with Crippen molar-refractivity contribution in [1.82, 2.24) is 9.62 Å². The molecule has 0 radical (unpaired) electrons. The average Bonchev–Trinajstić information content (AvgIpc) is 2.85. The van der Waals surface area contributed by atoms with Gasteiger partial charge in [-0.25, -0.2) is 13.1 Å². The molecule has 0 bridgehead atoms. The van der Waals surface area contributed by atoms with Crippen molar-refractivity contribution in [1.29, 1.82) is 0 Å². The normalized spacial score (nSPS) is 18.0. The molecule has 0 aromatic heterocycles. The van der Waals surface area contributed by atoms with Crippen LogP contribution in [0.1, 0.15) is 30.9 Å². The SMILES string of the molecule is Cc1cc(N)c(S(=O)(=O)NC(C)CN2CCCC2)cc1C. The first-order valence-electron chi connectivity index (χ1n) is 7.41. The maximum Gasteiger partial charge on any atom is 0.242 e. The molecule has 1 aliphatic rings. The van der Waals surface area contributed by atoms with Gasteiger partial charge in [0.05, 0.1) is 5.69 Å². The van der Waals surface area contributed by atoms with Gasteiger partial charge in [-0.3, -0.25) is 0 Å². The van der Waals surface area contributed by atoms with E-state index in [1.807, 2.05) is 20.8 Å². The minimum Gasteiger partial charge on any atom is -0.398 e. The Bertz CT molecular complexity index is 608. The highest BCUT2D eigenvalue weighted by molar-refractivity contribution is 7.89. The fourth-order valence-electron chi connectivity index (χ4n) is 2.76. The van der Waals surface area contributed by atoms with Crippen LogP contribution in [0.25, 0.3) is 0 Å². The maximum atomic E-state index is 12.5. The zero-order chi connectivity index (χ0) is 15.6. The Balaban J connectivity index is 2.12. The summed E-state index contributed by atoms with van der Waals surface area (Å²) in [6.45, 7) is 8.56. The summed E-state index contributed by atoms with van der Waals surface area (Å²) < 4.78 is 27.7. The monoisotopic (exact) mass is 311 g/mol. The zero-order valence-corrected chi connectivity index (χ0v) is 13.8. The van der Waals surface area contributed by atoms with Crippen molar-refractivity contribution in [2.45, 2.75) is 44.6 Å². The summed E-state index contributed by atoms with van der Waals surface area (Å²) in [5.41, 5.74) is 8.12. The number of hydrogen-bond donors (Lipinski definition) is 2. The predicted octanol–water partition coefficient (Wildman–Crippen LogP) is 1.65. The Hall–Kier alpha value is -1.11. The highest BCUT2D eigenvalue weighted by Crippen LogP contribution is 2.23. The number of aryl methyl sites for hydroxylation is 2. The molecular formula is C15H25N3O2S. The number of nitrogens with two attached hydrogens (primary N) is 1. The molecule has 1 aliphatic heterocycles. The number of nitrogen functional groups attached to an aromatic ring is 1. The molecule has 0 amide bonds. The largest absolute Gasteiger partial charge is 0.398 e. The second-order valence-electron chi connectivity index (χ2n) is 6.00. The Morgan fingerprint density at radius 2 is 1.81 bits per heavy atom. The van der Waals surface area contributed by atoms with Crippen molar-refractivity contribution in [3.8, 4) is 0 Å². The lowest BCUT2D eigenvalue weighted by atomic mass is 10.1. The summed E-state index contributed by atoms with van der Waals surface area (Å²) in [5, 5.41) is 0. The van der Waals surface area contributed by atoms with Crippen LogP contribution in [0.5, 0.6) is 0 Å². The van der Waals surface area contributed by atoms with Crippen molar-refractivity contribution in [3.05, 3.63) is 23.3 Å². The number of benzene rings is 1. The van der Waals surface area contributed by atoms with Crippen molar-refractivity contribution in [3.63, 3.8) is 0 Å². The molecule has 1 heterocycles. The summed E-state index contributed by atoms with van der Waals surface area (Å²) in [5.74, 6) is 0. The van der Waals surface area contributed by atoms with Crippen LogP contribution < -0.4 is 10.5 Å². The number of likely N-dealkylation sites (tertiary alicyclic amines) is 1. The summed E-state index contributed by atoms with van der Waals surface area (Å²) in [6.07, 6.45) is 2.40. The van der Waals surface area contributed by atoms with Gasteiger partial charge in [0.2, 0.25) is 10.0 Å². The van der Waals surface area contributed by atoms with Gasteiger partial charge in [0, 0.05) is 12.6 Å². The fourth-order valence-corrected chi connectivity index (χ4v) is 4.20. The fraction of sp³-hybridized carbons (Fsp3) is 0.600. The van der Waals surface area contributed by atoms with E-state index < -0.39 is 10.0 Å². The third-order valence-electron chi connectivity index (χ3n) is 4.00. The van der Waals surface area contributed by atoms with Gasteiger partial charge in [0.1, 0.15) is 4.90 Å². The molecule has 118 valence electrons. The lowest BCUT2D eigenvalue weighted by molar-refractivity contribution is 0.313. The predicted molar refractivity (Wildman–Crippen MR) is 85.8 cm³/mol. The van der Waals surface area contributed by atoms with E-state index in [0.717, 1.165) is 30.8 Å². The lowest BCUT2D eigenvalue weighted by Crippen LogP contribution is -2.41. The molecule has 1 fully saturated rings. The number of nitrogens with one attached hydrogen (secondary N) is 1. The van der Waals surface area contributed by atoms with Crippen molar-refractivity contribution < 1.29 is 8.42 Å². The first kappa shape index (κ1) is 16.3. The van der Waals surface area contributed by atoms with E-state index in [1.54, 1.807) is 12.1 Å². The van der Waals surface area contributed by atoms with Gasteiger partial charge in [-0.05, 0) is 70.0 Å². The number of sulfonamides is 1. The Morgan fingerprint density at radius 3 is 2.43 bits per heavy atom. The van der Waals surface area contributed by atoms with Crippen LogP contribution in [0.2, 0.25) is 0 Å². The van der Waals surface area contributed by atoms with E-state index in [0.29, 0.717) is 5.69 Å². The van der Waals surface area contributed by atoms with Crippen LogP contribution in [0.15, 0.2) is 17.0 Å². The highest BCUT2D eigenvalue weighted by Gasteiger charge is 2.23. The second kappa shape index (κ2) is 6.34. The first-order chi connectivity index (χ1) is 9.79. The smallest absolute Gasteiger partial charge is 0.242 e. The zero-order valence-electron chi connectivity index (χ0n) is 13.0.